The predicted molar refractivity (Wildman–Crippen MR) is 106 cm³/mol. The van der Waals surface area contributed by atoms with Crippen molar-refractivity contribution in [1.82, 2.24) is 0 Å². The van der Waals surface area contributed by atoms with Crippen LogP contribution in [0.5, 0.6) is 11.5 Å². The zero-order valence-electron chi connectivity index (χ0n) is 15.8. The lowest BCUT2D eigenvalue weighted by atomic mass is 9.64. The van der Waals surface area contributed by atoms with Crippen LogP contribution in [0.25, 0.3) is 0 Å². The Balaban J connectivity index is 1.65. The third kappa shape index (κ3) is 3.92. The number of methoxy groups -OCH3 is 2. The summed E-state index contributed by atoms with van der Waals surface area (Å²) >= 11 is 6.06. The smallest absolute Gasteiger partial charge is 0.317 e. The first-order valence-electron chi connectivity index (χ1n) is 8.94. The molecule has 1 amide bonds. The van der Waals surface area contributed by atoms with Gasteiger partial charge in [0, 0.05) is 12.1 Å². The van der Waals surface area contributed by atoms with Gasteiger partial charge < -0.3 is 19.5 Å². The van der Waals surface area contributed by atoms with Crippen molar-refractivity contribution in [3.63, 3.8) is 0 Å². The maximum absolute atomic E-state index is 12.7. The molecule has 1 aliphatic carbocycles. The van der Waals surface area contributed by atoms with Crippen molar-refractivity contribution >= 4 is 29.2 Å². The second-order valence-electron chi connectivity index (χ2n) is 6.61. The minimum Gasteiger partial charge on any atom is -0.495 e. The molecule has 0 spiro atoms. The van der Waals surface area contributed by atoms with E-state index in [2.05, 4.69) is 5.32 Å². The van der Waals surface area contributed by atoms with Gasteiger partial charge in [0.2, 0.25) is 0 Å². The zero-order valence-corrected chi connectivity index (χ0v) is 16.5. The number of carbonyl (C=O) groups excluding carboxylic acids is 2. The summed E-state index contributed by atoms with van der Waals surface area (Å²) in [5.41, 5.74) is 0.657. The first-order valence-corrected chi connectivity index (χ1v) is 9.32. The van der Waals surface area contributed by atoms with Crippen LogP contribution in [0.4, 0.5) is 5.69 Å². The fraction of sp³-hybridized carbons (Fsp3) is 0.333. The summed E-state index contributed by atoms with van der Waals surface area (Å²) in [7, 11) is 2.94. The normalized spacial score (nSPS) is 14.5. The van der Waals surface area contributed by atoms with E-state index in [4.69, 9.17) is 25.8 Å². The van der Waals surface area contributed by atoms with Crippen LogP contribution in [0.2, 0.25) is 5.02 Å². The van der Waals surface area contributed by atoms with Gasteiger partial charge in [-0.2, -0.15) is 0 Å². The van der Waals surface area contributed by atoms with E-state index in [1.54, 1.807) is 12.1 Å². The highest BCUT2D eigenvalue weighted by atomic mass is 35.5. The van der Waals surface area contributed by atoms with Crippen LogP contribution in [0.1, 0.15) is 24.8 Å². The van der Waals surface area contributed by atoms with Crippen LogP contribution in [0.3, 0.4) is 0 Å². The van der Waals surface area contributed by atoms with Crippen LogP contribution < -0.4 is 14.8 Å². The lowest BCUT2D eigenvalue weighted by Crippen LogP contribution is -2.44. The number of ether oxygens (including phenoxy) is 3. The number of nitrogens with one attached hydrogen (secondary N) is 1. The standard InChI is InChI=1S/C21H22ClNO5/c1-26-17-12-16(18(27-2)11-15(17)22)23-19(24)13-28-20(25)21(9-6-10-21)14-7-4-3-5-8-14/h3-5,7-8,11-12H,6,9-10,13H2,1-2H3,(H,23,24). The molecule has 1 saturated carbocycles. The average Bonchev–Trinajstić information content (AvgIpc) is 2.67. The van der Waals surface area contributed by atoms with Crippen molar-refractivity contribution < 1.29 is 23.8 Å². The van der Waals surface area contributed by atoms with Crippen molar-refractivity contribution in [2.24, 2.45) is 0 Å². The number of anilines is 1. The number of esters is 1. The van der Waals surface area contributed by atoms with Gasteiger partial charge >= 0.3 is 5.97 Å². The van der Waals surface area contributed by atoms with Crippen LogP contribution in [-0.2, 0) is 19.7 Å². The maximum Gasteiger partial charge on any atom is 0.317 e. The molecule has 0 heterocycles. The number of carbonyl (C=O) groups is 2. The first-order chi connectivity index (χ1) is 13.5. The Bertz CT molecular complexity index is 865. The lowest BCUT2D eigenvalue weighted by Gasteiger charge is -2.39. The Labute approximate surface area is 168 Å². The summed E-state index contributed by atoms with van der Waals surface area (Å²) in [6.07, 6.45) is 2.40. The Hall–Kier alpha value is -2.73. The minimum absolute atomic E-state index is 0.360. The molecule has 0 aromatic heterocycles. The number of benzene rings is 2. The van der Waals surface area contributed by atoms with Crippen molar-refractivity contribution in [1.29, 1.82) is 0 Å². The van der Waals surface area contributed by atoms with E-state index in [9.17, 15) is 9.59 Å². The van der Waals surface area contributed by atoms with E-state index in [0.717, 1.165) is 24.8 Å². The Morgan fingerprint density at radius 3 is 2.32 bits per heavy atom. The molecule has 28 heavy (non-hydrogen) atoms. The molecule has 0 radical (unpaired) electrons. The highest BCUT2D eigenvalue weighted by molar-refractivity contribution is 6.32. The van der Waals surface area contributed by atoms with Crippen LogP contribution >= 0.6 is 11.6 Å². The second-order valence-corrected chi connectivity index (χ2v) is 7.02. The fourth-order valence-electron chi connectivity index (χ4n) is 3.31. The molecular weight excluding hydrogens is 382 g/mol. The summed E-state index contributed by atoms with van der Waals surface area (Å²) in [6.45, 7) is -0.387. The lowest BCUT2D eigenvalue weighted by molar-refractivity contribution is -0.156. The molecule has 2 aromatic rings. The quantitative estimate of drug-likeness (QED) is 0.708. The molecule has 1 aliphatic rings. The van der Waals surface area contributed by atoms with E-state index in [1.165, 1.54) is 14.2 Å². The minimum atomic E-state index is -0.650. The predicted octanol–water partition coefficient (Wildman–Crippen LogP) is 3.96. The molecule has 0 saturated heterocycles. The van der Waals surface area contributed by atoms with Crippen LogP contribution in [0.15, 0.2) is 42.5 Å². The van der Waals surface area contributed by atoms with Gasteiger partial charge in [-0.3, -0.25) is 9.59 Å². The third-order valence-electron chi connectivity index (χ3n) is 5.01. The maximum atomic E-state index is 12.7. The molecule has 6 nitrogen and oxygen atoms in total. The Morgan fingerprint density at radius 1 is 1.07 bits per heavy atom. The second kappa shape index (κ2) is 8.52. The van der Waals surface area contributed by atoms with Crippen molar-refractivity contribution in [2.75, 3.05) is 26.1 Å². The van der Waals surface area contributed by atoms with Crippen molar-refractivity contribution in [3.05, 3.63) is 53.1 Å². The Kier molecular flexibility index (Phi) is 6.09. The summed E-state index contributed by atoms with van der Waals surface area (Å²) in [5, 5.41) is 3.03. The highest BCUT2D eigenvalue weighted by Crippen LogP contribution is 2.44. The van der Waals surface area contributed by atoms with Gasteiger partial charge in [-0.05, 0) is 18.4 Å². The largest absolute Gasteiger partial charge is 0.495 e. The molecule has 1 fully saturated rings. The van der Waals surface area contributed by atoms with E-state index < -0.39 is 11.3 Å². The molecule has 0 unspecified atom stereocenters. The molecule has 1 N–H and O–H groups in total. The molecule has 0 aliphatic heterocycles. The first kappa shape index (κ1) is 20.0. The van der Waals surface area contributed by atoms with Gasteiger partial charge in [0.1, 0.15) is 11.5 Å². The van der Waals surface area contributed by atoms with E-state index in [-0.39, 0.29) is 12.6 Å². The molecule has 3 rings (SSSR count). The summed E-state index contributed by atoms with van der Waals surface area (Å²) in [5.74, 6) is -0.0724. The van der Waals surface area contributed by atoms with Gasteiger partial charge in [0.15, 0.2) is 6.61 Å². The number of rotatable bonds is 7. The number of amides is 1. The highest BCUT2D eigenvalue weighted by Gasteiger charge is 2.47. The molecule has 0 bridgehead atoms. The molecule has 2 aromatic carbocycles. The summed E-state index contributed by atoms with van der Waals surface area (Å²) < 4.78 is 15.7. The molecule has 148 valence electrons. The van der Waals surface area contributed by atoms with Gasteiger partial charge in [-0.15, -0.1) is 0 Å². The topological polar surface area (TPSA) is 73.9 Å². The fourth-order valence-corrected chi connectivity index (χ4v) is 3.54. The molecule has 0 atom stereocenters. The van der Waals surface area contributed by atoms with Crippen LogP contribution in [0, 0.1) is 0 Å². The Morgan fingerprint density at radius 2 is 1.75 bits per heavy atom. The van der Waals surface area contributed by atoms with E-state index in [1.807, 2.05) is 30.3 Å². The SMILES string of the molecule is COc1cc(NC(=O)COC(=O)C2(c3ccccc3)CCC2)c(OC)cc1Cl. The van der Waals surface area contributed by atoms with Crippen molar-refractivity contribution in [3.8, 4) is 11.5 Å². The van der Waals surface area contributed by atoms with Gasteiger partial charge in [0.25, 0.3) is 5.91 Å². The van der Waals surface area contributed by atoms with Crippen molar-refractivity contribution in [2.45, 2.75) is 24.7 Å². The van der Waals surface area contributed by atoms with E-state index >= 15 is 0 Å². The zero-order chi connectivity index (χ0) is 20.1. The summed E-state index contributed by atoms with van der Waals surface area (Å²) in [6, 6.07) is 12.6. The summed E-state index contributed by atoms with van der Waals surface area (Å²) in [4.78, 5) is 25.0. The number of halogens is 1. The third-order valence-corrected chi connectivity index (χ3v) is 5.30. The number of hydrogen-bond donors (Lipinski definition) is 1. The number of hydrogen-bond acceptors (Lipinski definition) is 5. The molecule has 7 heteroatoms. The van der Waals surface area contributed by atoms with Crippen LogP contribution in [-0.4, -0.2) is 32.7 Å². The monoisotopic (exact) mass is 403 g/mol. The van der Waals surface area contributed by atoms with E-state index in [0.29, 0.717) is 22.2 Å². The van der Waals surface area contributed by atoms with Gasteiger partial charge in [-0.1, -0.05) is 48.4 Å². The van der Waals surface area contributed by atoms with Gasteiger partial charge in [0.05, 0.1) is 30.3 Å². The molecular formula is C21H22ClNO5. The average molecular weight is 404 g/mol. The van der Waals surface area contributed by atoms with Gasteiger partial charge in [-0.25, -0.2) is 0 Å².